The number of carbonyl (C=O) groups excluding carboxylic acids is 1. The van der Waals surface area contributed by atoms with Crippen molar-refractivity contribution < 1.29 is 18.3 Å². The van der Waals surface area contributed by atoms with Crippen LogP contribution in [0.15, 0.2) is 18.2 Å². The number of hydrogen-bond acceptors (Lipinski definition) is 2. The molecule has 0 amide bonds. The lowest BCUT2D eigenvalue weighted by molar-refractivity contribution is 0.00272. The summed E-state index contributed by atoms with van der Waals surface area (Å²) in [6.45, 7) is 4.95. The molecule has 2 nitrogen and oxygen atoms in total. The van der Waals surface area contributed by atoms with Crippen LogP contribution in [0.1, 0.15) is 31.1 Å². The molecule has 0 aliphatic rings. The molecule has 0 heterocycles. The van der Waals surface area contributed by atoms with Gasteiger partial charge in [-0.3, -0.25) is 4.79 Å². The fourth-order valence-electron chi connectivity index (χ4n) is 1.12. The highest BCUT2D eigenvalue weighted by Gasteiger charge is 2.19. The molecule has 0 radical (unpaired) electrons. The number of ketones is 1. The van der Waals surface area contributed by atoms with Crippen molar-refractivity contribution in [2.24, 2.45) is 0 Å². The topological polar surface area (TPSA) is 26.3 Å². The molecule has 1 aromatic carbocycles. The van der Waals surface area contributed by atoms with Gasteiger partial charge in [0.2, 0.25) is 0 Å². The van der Waals surface area contributed by atoms with Crippen molar-refractivity contribution in [1.29, 1.82) is 0 Å². The van der Waals surface area contributed by atoms with E-state index in [1.54, 1.807) is 20.8 Å². The van der Waals surface area contributed by atoms with Crippen LogP contribution in [0.2, 0.25) is 0 Å². The molecular formula is C12H14F2O2. The average Bonchev–Trinajstić information content (AvgIpc) is 2.13. The van der Waals surface area contributed by atoms with Gasteiger partial charge in [0.25, 0.3) is 0 Å². The van der Waals surface area contributed by atoms with Crippen molar-refractivity contribution in [2.45, 2.75) is 26.4 Å². The number of ether oxygens (including phenoxy) is 1. The second-order valence-corrected chi connectivity index (χ2v) is 4.42. The molecule has 0 aromatic heterocycles. The van der Waals surface area contributed by atoms with E-state index in [4.69, 9.17) is 4.74 Å². The first kappa shape index (κ1) is 12.8. The Bertz CT molecular complexity index is 374. The van der Waals surface area contributed by atoms with Crippen LogP contribution in [0.5, 0.6) is 0 Å². The van der Waals surface area contributed by atoms with Gasteiger partial charge in [0.1, 0.15) is 18.2 Å². The second kappa shape index (κ2) is 4.70. The molecule has 0 aliphatic carbocycles. The van der Waals surface area contributed by atoms with Crippen LogP contribution >= 0.6 is 0 Å². The van der Waals surface area contributed by atoms with Gasteiger partial charge in [0.05, 0.1) is 11.2 Å². The zero-order valence-electron chi connectivity index (χ0n) is 9.51. The summed E-state index contributed by atoms with van der Waals surface area (Å²) >= 11 is 0. The summed E-state index contributed by atoms with van der Waals surface area (Å²) in [5, 5.41) is 0. The highest BCUT2D eigenvalue weighted by molar-refractivity contribution is 5.97. The number of benzene rings is 1. The summed E-state index contributed by atoms with van der Waals surface area (Å²) < 4.78 is 31.6. The lowest BCUT2D eigenvalue weighted by atomic mass is 10.1. The van der Waals surface area contributed by atoms with Gasteiger partial charge in [-0.25, -0.2) is 8.78 Å². The Morgan fingerprint density at radius 2 is 1.75 bits per heavy atom. The molecule has 0 fully saturated rings. The minimum atomic E-state index is -0.859. The Balaban J connectivity index is 2.81. The van der Waals surface area contributed by atoms with Gasteiger partial charge in [-0.15, -0.1) is 0 Å². The summed E-state index contributed by atoms with van der Waals surface area (Å²) in [6.07, 6.45) is 0. The zero-order chi connectivity index (χ0) is 12.3. The third kappa shape index (κ3) is 3.38. The van der Waals surface area contributed by atoms with Crippen LogP contribution in [-0.4, -0.2) is 18.0 Å². The molecule has 0 spiro atoms. The van der Waals surface area contributed by atoms with E-state index in [1.807, 2.05) is 0 Å². The molecule has 0 unspecified atom stereocenters. The zero-order valence-corrected chi connectivity index (χ0v) is 9.51. The Morgan fingerprint density at radius 1 is 1.25 bits per heavy atom. The number of halogens is 2. The van der Waals surface area contributed by atoms with Crippen LogP contribution in [-0.2, 0) is 4.74 Å². The van der Waals surface area contributed by atoms with E-state index < -0.39 is 28.6 Å². The van der Waals surface area contributed by atoms with Crippen LogP contribution in [0.4, 0.5) is 8.78 Å². The van der Waals surface area contributed by atoms with Crippen molar-refractivity contribution in [2.75, 3.05) is 6.61 Å². The van der Waals surface area contributed by atoms with E-state index in [0.717, 1.165) is 12.1 Å². The summed E-state index contributed by atoms with van der Waals surface area (Å²) in [5.41, 5.74) is -1.05. The molecule has 16 heavy (non-hydrogen) atoms. The van der Waals surface area contributed by atoms with E-state index in [1.165, 1.54) is 6.07 Å². The maximum Gasteiger partial charge on any atom is 0.194 e. The summed E-state index contributed by atoms with van der Waals surface area (Å²) in [5.74, 6) is -2.41. The minimum Gasteiger partial charge on any atom is -0.368 e. The first-order chi connectivity index (χ1) is 7.31. The molecule has 0 bridgehead atoms. The van der Waals surface area contributed by atoms with Gasteiger partial charge in [-0.05, 0) is 32.9 Å². The molecule has 0 aliphatic heterocycles. The van der Waals surface area contributed by atoms with Crippen molar-refractivity contribution in [3.05, 3.63) is 35.4 Å². The quantitative estimate of drug-likeness (QED) is 0.743. The number of rotatable bonds is 3. The highest BCUT2D eigenvalue weighted by atomic mass is 19.1. The molecule has 0 atom stereocenters. The largest absolute Gasteiger partial charge is 0.368 e. The van der Waals surface area contributed by atoms with Gasteiger partial charge < -0.3 is 4.74 Å². The van der Waals surface area contributed by atoms with Crippen LogP contribution < -0.4 is 0 Å². The molecule has 0 saturated carbocycles. The predicted octanol–water partition coefficient (Wildman–Crippen LogP) is 2.96. The Morgan fingerprint density at radius 3 is 2.19 bits per heavy atom. The van der Waals surface area contributed by atoms with Crippen LogP contribution in [0.25, 0.3) is 0 Å². The minimum absolute atomic E-state index is 0.332. The molecule has 1 rings (SSSR count). The fraction of sp³-hybridized carbons (Fsp3) is 0.417. The summed E-state index contributed by atoms with van der Waals surface area (Å²) in [4.78, 5) is 11.5. The van der Waals surface area contributed by atoms with Crippen molar-refractivity contribution in [1.82, 2.24) is 0 Å². The summed E-state index contributed by atoms with van der Waals surface area (Å²) in [7, 11) is 0. The first-order valence-corrected chi connectivity index (χ1v) is 4.92. The monoisotopic (exact) mass is 228 g/mol. The van der Waals surface area contributed by atoms with E-state index >= 15 is 0 Å². The summed E-state index contributed by atoms with van der Waals surface area (Å²) in [6, 6.07) is 3.31. The molecular weight excluding hydrogens is 214 g/mol. The van der Waals surface area contributed by atoms with E-state index in [9.17, 15) is 13.6 Å². The normalized spacial score (nSPS) is 11.6. The number of carbonyl (C=O) groups is 1. The smallest absolute Gasteiger partial charge is 0.194 e. The molecule has 0 N–H and O–H groups in total. The standard InChI is InChI=1S/C12H14F2O2/c1-12(2,3)16-7-10(15)11-8(13)5-4-6-9(11)14/h4-6H,7H2,1-3H3. The van der Waals surface area contributed by atoms with E-state index in [0.29, 0.717) is 0 Å². The fourth-order valence-corrected chi connectivity index (χ4v) is 1.12. The lowest BCUT2D eigenvalue weighted by Crippen LogP contribution is -2.24. The van der Waals surface area contributed by atoms with Gasteiger partial charge in [-0.2, -0.15) is 0 Å². The molecule has 0 saturated heterocycles. The van der Waals surface area contributed by atoms with Gasteiger partial charge >= 0.3 is 0 Å². The molecule has 1 aromatic rings. The molecule has 88 valence electrons. The average molecular weight is 228 g/mol. The van der Waals surface area contributed by atoms with Crippen LogP contribution in [0.3, 0.4) is 0 Å². The number of hydrogen-bond donors (Lipinski definition) is 0. The van der Waals surface area contributed by atoms with Gasteiger partial charge in [-0.1, -0.05) is 6.07 Å². The number of Topliss-reactive ketones (excluding diaryl/α,β-unsaturated/α-hetero) is 1. The van der Waals surface area contributed by atoms with E-state index in [2.05, 4.69) is 0 Å². The highest BCUT2D eigenvalue weighted by Crippen LogP contribution is 2.14. The second-order valence-electron chi connectivity index (χ2n) is 4.42. The van der Waals surface area contributed by atoms with Gasteiger partial charge in [0.15, 0.2) is 5.78 Å². The van der Waals surface area contributed by atoms with Crippen molar-refractivity contribution in [3.63, 3.8) is 0 Å². The lowest BCUT2D eigenvalue weighted by Gasteiger charge is -2.18. The van der Waals surface area contributed by atoms with Crippen LogP contribution in [0, 0.1) is 11.6 Å². The third-order valence-electron chi connectivity index (χ3n) is 1.88. The van der Waals surface area contributed by atoms with Gasteiger partial charge in [0, 0.05) is 0 Å². The van der Waals surface area contributed by atoms with Crippen molar-refractivity contribution >= 4 is 5.78 Å². The Labute approximate surface area is 93.2 Å². The maximum atomic E-state index is 13.2. The van der Waals surface area contributed by atoms with E-state index in [-0.39, 0.29) is 6.61 Å². The van der Waals surface area contributed by atoms with Crippen molar-refractivity contribution in [3.8, 4) is 0 Å². The third-order valence-corrected chi connectivity index (χ3v) is 1.88. The predicted molar refractivity (Wildman–Crippen MR) is 56.4 cm³/mol. The Hall–Kier alpha value is -1.29. The maximum absolute atomic E-state index is 13.2. The Kier molecular flexibility index (Phi) is 3.75. The first-order valence-electron chi connectivity index (χ1n) is 4.92. The molecule has 4 heteroatoms. The SMILES string of the molecule is CC(C)(C)OCC(=O)c1c(F)cccc1F.